The van der Waals surface area contributed by atoms with Crippen LogP contribution in [0, 0.1) is 0 Å². The van der Waals surface area contributed by atoms with Gasteiger partial charge in [0.15, 0.2) is 12.3 Å². The molecule has 0 atom stereocenters. The second kappa shape index (κ2) is 8.53. The third kappa shape index (κ3) is 4.41. The molecule has 0 aliphatic rings. The van der Waals surface area contributed by atoms with Gasteiger partial charge in [-0.3, -0.25) is 4.79 Å². The van der Waals surface area contributed by atoms with Gasteiger partial charge in [-0.15, -0.1) is 11.3 Å². The summed E-state index contributed by atoms with van der Waals surface area (Å²) in [6.07, 6.45) is 0. The number of para-hydroxylation sites is 2. The van der Waals surface area contributed by atoms with Crippen LogP contribution in [0.25, 0.3) is 16.3 Å². The van der Waals surface area contributed by atoms with Crippen LogP contribution in [0.4, 0.5) is 5.69 Å². The molecule has 0 aliphatic heterocycles. The lowest BCUT2D eigenvalue weighted by molar-refractivity contribution is -0.119. The number of aromatic nitrogens is 2. The fraction of sp³-hybridized carbons (Fsp3) is 0.0455. The molecule has 0 saturated carbocycles. The van der Waals surface area contributed by atoms with Crippen molar-refractivity contribution in [2.45, 2.75) is 0 Å². The number of hydrogen-bond acceptors (Lipinski definition) is 5. The summed E-state index contributed by atoms with van der Waals surface area (Å²) in [5.41, 5.74) is 2.30. The molecule has 0 spiro atoms. The first kappa shape index (κ1) is 18.6. The Morgan fingerprint density at radius 3 is 2.38 bits per heavy atom. The van der Waals surface area contributed by atoms with Gasteiger partial charge in [0.25, 0.3) is 5.91 Å². The molecule has 0 bridgehead atoms. The number of nitrogens with one attached hydrogen (secondary N) is 1. The van der Waals surface area contributed by atoms with E-state index in [2.05, 4.69) is 10.4 Å². The number of esters is 1. The maximum Gasteiger partial charge on any atom is 0.357 e. The van der Waals surface area contributed by atoms with Crippen LogP contribution in [0.2, 0.25) is 0 Å². The zero-order valence-electron chi connectivity index (χ0n) is 15.3. The highest BCUT2D eigenvalue weighted by Gasteiger charge is 2.20. The maximum atomic E-state index is 12.7. The summed E-state index contributed by atoms with van der Waals surface area (Å²) in [6, 6.07) is 23.9. The fourth-order valence-electron chi connectivity index (χ4n) is 2.76. The van der Waals surface area contributed by atoms with Crippen molar-refractivity contribution in [3.05, 3.63) is 89.9 Å². The molecule has 4 aromatic rings. The number of carbonyl (C=O) groups excluding carboxylic acids is 2. The Morgan fingerprint density at radius 1 is 0.966 bits per heavy atom. The summed E-state index contributed by atoms with van der Waals surface area (Å²) in [5, 5.41) is 9.20. The summed E-state index contributed by atoms with van der Waals surface area (Å²) < 4.78 is 6.78. The number of rotatable bonds is 6. The van der Waals surface area contributed by atoms with Gasteiger partial charge in [-0.2, -0.15) is 5.10 Å². The van der Waals surface area contributed by atoms with Crippen molar-refractivity contribution in [1.29, 1.82) is 0 Å². The molecule has 0 unspecified atom stereocenters. The van der Waals surface area contributed by atoms with E-state index in [4.69, 9.17) is 4.74 Å². The third-order valence-electron chi connectivity index (χ3n) is 4.08. The first-order valence-electron chi connectivity index (χ1n) is 8.92. The zero-order chi connectivity index (χ0) is 20.1. The van der Waals surface area contributed by atoms with Gasteiger partial charge in [0.05, 0.1) is 10.6 Å². The van der Waals surface area contributed by atoms with Crippen LogP contribution in [0.3, 0.4) is 0 Å². The largest absolute Gasteiger partial charge is 0.451 e. The molecular formula is C22H17N3O3S. The molecule has 4 rings (SSSR count). The molecule has 2 aromatic heterocycles. The predicted molar refractivity (Wildman–Crippen MR) is 112 cm³/mol. The number of nitrogens with zero attached hydrogens (tertiary/aromatic N) is 2. The minimum absolute atomic E-state index is 0.257. The highest BCUT2D eigenvalue weighted by Crippen LogP contribution is 2.26. The Kier molecular flexibility index (Phi) is 5.49. The van der Waals surface area contributed by atoms with Crippen molar-refractivity contribution in [3.63, 3.8) is 0 Å². The van der Waals surface area contributed by atoms with Crippen molar-refractivity contribution >= 4 is 28.9 Å². The molecule has 2 heterocycles. The van der Waals surface area contributed by atoms with E-state index in [1.807, 2.05) is 66.0 Å². The third-order valence-corrected chi connectivity index (χ3v) is 4.98. The quantitative estimate of drug-likeness (QED) is 0.485. The minimum atomic E-state index is -0.618. The van der Waals surface area contributed by atoms with Gasteiger partial charge in [0, 0.05) is 11.8 Å². The lowest BCUT2D eigenvalue weighted by atomic mass is 10.3. The van der Waals surface area contributed by atoms with Crippen LogP contribution in [-0.4, -0.2) is 28.3 Å². The molecule has 29 heavy (non-hydrogen) atoms. The van der Waals surface area contributed by atoms with E-state index in [1.165, 1.54) is 16.0 Å². The fourth-order valence-corrected chi connectivity index (χ4v) is 3.44. The van der Waals surface area contributed by atoms with E-state index < -0.39 is 11.9 Å². The van der Waals surface area contributed by atoms with Crippen molar-refractivity contribution in [3.8, 4) is 16.3 Å². The zero-order valence-corrected chi connectivity index (χ0v) is 16.1. The second-order valence-electron chi connectivity index (χ2n) is 6.13. The van der Waals surface area contributed by atoms with Crippen LogP contribution < -0.4 is 5.32 Å². The number of benzene rings is 2. The van der Waals surface area contributed by atoms with E-state index in [1.54, 1.807) is 18.2 Å². The van der Waals surface area contributed by atoms with E-state index in [-0.39, 0.29) is 12.3 Å². The highest BCUT2D eigenvalue weighted by atomic mass is 32.1. The number of thiophene rings is 1. The smallest absolute Gasteiger partial charge is 0.357 e. The molecule has 2 aromatic carbocycles. The molecule has 0 radical (unpaired) electrons. The number of anilines is 1. The average molecular weight is 403 g/mol. The van der Waals surface area contributed by atoms with Crippen LogP contribution in [0.1, 0.15) is 10.5 Å². The van der Waals surface area contributed by atoms with Crippen molar-refractivity contribution < 1.29 is 14.3 Å². The van der Waals surface area contributed by atoms with E-state index in [0.717, 1.165) is 10.6 Å². The first-order valence-corrected chi connectivity index (χ1v) is 9.80. The molecule has 0 aliphatic carbocycles. The van der Waals surface area contributed by atoms with Crippen LogP contribution in [-0.2, 0) is 9.53 Å². The molecular weight excluding hydrogens is 386 g/mol. The SMILES string of the molecule is O=C(COC(=O)c1cc(-c2cccs2)nn1-c1ccccc1)Nc1ccccc1. The van der Waals surface area contributed by atoms with Crippen LogP contribution >= 0.6 is 11.3 Å². The Balaban J connectivity index is 1.53. The molecule has 1 amide bonds. The minimum Gasteiger partial charge on any atom is -0.451 e. The number of hydrogen-bond donors (Lipinski definition) is 1. The topological polar surface area (TPSA) is 73.2 Å². The molecule has 144 valence electrons. The normalized spacial score (nSPS) is 10.5. The maximum absolute atomic E-state index is 12.7. The van der Waals surface area contributed by atoms with Gasteiger partial charge in [0.1, 0.15) is 5.69 Å². The van der Waals surface area contributed by atoms with Gasteiger partial charge in [-0.05, 0) is 35.7 Å². The van der Waals surface area contributed by atoms with Crippen molar-refractivity contribution in [2.75, 3.05) is 11.9 Å². The number of carbonyl (C=O) groups is 2. The van der Waals surface area contributed by atoms with Gasteiger partial charge in [0.2, 0.25) is 0 Å². The van der Waals surface area contributed by atoms with Gasteiger partial charge in [-0.25, -0.2) is 9.48 Å². The molecule has 6 nitrogen and oxygen atoms in total. The Morgan fingerprint density at radius 2 is 1.69 bits per heavy atom. The van der Waals surface area contributed by atoms with Crippen LogP contribution in [0.5, 0.6) is 0 Å². The summed E-state index contributed by atoms with van der Waals surface area (Å²) >= 11 is 1.53. The predicted octanol–water partition coefficient (Wildman–Crippen LogP) is 4.40. The standard InChI is InChI=1S/C22H17N3O3S/c26-21(23-16-8-3-1-4-9-16)15-28-22(27)19-14-18(20-12-7-13-29-20)24-25(19)17-10-5-2-6-11-17/h1-14H,15H2,(H,23,26). The number of ether oxygens (including phenoxy) is 1. The van der Waals surface area contributed by atoms with Gasteiger partial charge in [-0.1, -0.05) is 42.5 Å². The van der Waals surface area contributed by atoms with Crippen molar-refractivity contribution in [2.24, 2.45) is 0 Å². The highest BCUT2D eigenvalue weighted by molar-refractivity contribution is 7.13. The van der Waals surface area contributed by atoms with E-state index >= 15 is 0 Å². The number of amides is 1. The summed E-state index contributed by atoms with van der Waals surface area (Å²) in [4.78, 5) is 25.7. The Labute approximate surface area is 171 Å². The van der Waals surface area contributed by atoms with E-state index in [0.29, 0.717) is 11.4 Å². The van der Waals surface area contributed by atoms with Gasteiger partial charge < -0.3 is 10.1 Å². The monoisotopic (exact) mass is 403 g/mol. The lowest BCUT2D eigenvalue weighted by Gasteiger charge is -2.08. The van der Waals surface area contributed by atoms with Crippen LogP contribution in [0.15, 0.2) is 84.2 Å². The molecule has 1 N–H and O–H groups in total. The van der Waals surface area contributed by atoms with Gasteiger partial charge >= 0.3 is 5.97 Å². The lowest BCUT2D eigenvalue weighted by Crippen LogP contribution is -2.22. The summed E-state index contributed by atoms with van der Waals surface area (Å²) in [7, 11) is 0. The average Bonchev–Trinajstić information content (AvgIpc) is 3.43. The summed E-state index contributed by atoms with van der Waals surface area (Å²) in [6.45, 7) is -0.387. The molecule has 7 heteroatoms. The Bertz CT molecular complexity index is 1110. The molecule has 0 saturated heterocycles. The Hall–Kier alpha value is -3.71. The first-order chi connectivity index (χ1) is 14.2. The second-order valence-corrected chi connectivity index (χ2v) is 7.08. The van der Waals surface area contributed by atoms with Crippen molar-refractivity contribution in [1.82, 2.24) is 9.78 Å². The summed E-state index contributed by atoms with van der Waals surface area (Å²) in [5.74, 6) is -1.03. The van der Waals surface area contributed by atoms with E-state index in [9.17, 15) is 9.59 Å². The molecule has 0 fully saturated rings.